The summed E-state index contributed by atoms with van der Waals surface area (Å²) in [5.74, 6) is -0.436. The standard InChI is InChI=1S/C18H16N2O7S/c1-20-14-9-13(4-5-15(14)27-17(20)21)28(23,24)19-11-18(22,12-6-8-25-10-12)16-3-2-7-26-16/h2-10,19,22H,11H2,1H3/t18-/m0/s1. The zero-order valence-corrected chi connectivity index (χ0v) is 15.5. The van der Waals surface area contributed by atoms with Crippen molar-refractivity contribution < 1.29 is 26.8 Å². The van der Waals surface area contributed by atoms with Crippen LogP contribution in [0.5, 0.6) is 0 Å². The summed E-state index contributed by atoms with van der Waals surface area (Å²) < 4.78 is 44.5. The number of hydrogen-bond donors (Lipinski definition) is 2. The molecule has 9 nitrogen and oxygen atoms in total. The highest BCUT2D eigenvalue weighted by Gasteiger charge is 2.37. The van der Waals surface area contributed by atoms with Crippen molar-refractivity contribution in [2.45, 2.75) is 10.5 Å². The van der Waals surface area contributed by atoms with Gasteiger partial charge in [-0.25, -0.2) is 17.9 Å². The number of furan rings is 2. The van der Waals surface area contributed by atoms with Crippen LogP contribution >= 0.6 is 0 Å². The second-order valence-electron chi connectivity index (χ2n) is 6.23. The Morgan fingerprint density at radius 2 is 2.04 bits per heavy atom. The Kier molecular flexibility index (Phi) is 4.26. The normalized spacial score (nSPS) is 14.4. The molecule has 0 unspecified atom stereocenters. The van der Waals surface area contributed by atoms with Crippen LogP contribution in [-0.4, -0.2) is 24.6 Å². The third kappa shape index (κ3) is 2.97. The number of nitrogens with zero attached hydrogens (tertiary/aromatic N) is 1. The lowest BCUT2D eigenvalue weighted by Crippen LogP contribution is -2.41. The topological polar surface area (TPSA) is 128 Å². The molecule has 0 saturated carbocycles. The number of benzene rings is 1. The van der Waals surface area contributed by atoms with Crippen molar-refractivity contribution >= 4 is 21.1 Å². The molecule has 0 aliphatic rings. The summed E-state index contributed by atoms with van der Waals surface area (Å²) in [6.45, 7) is -0.398. The third-order valence-corrected chi connectivity index (χ3v) is 5.92. The first-order valence-electron chi connectivity index (χ1n) is 8.19. The van der Waals surface area contributed by atoms with Crippen molar-refractivity contribution in [1.29, 1.82) is 0 Å². The van der Waals surface area contributed by atoms with Crippen LogP contribution in [0.25, 0.3) is 11.1 Å². The van der Waals surface area contributed by atoms with Gasteiger partial charge in [-0.2, -0.15) is 0 Å². The van der Waals surface area contributed by atoms with Crippen LogP contribution in [0.15, 0.2) is 78.1 Å². The molecule has 3 aromatic heterocycles. The fourth-order valence-electron chi connectivity index (χ4n) is 2.90. The van der Waals surface area contributed by atoms with Gasteiger partial charge in [0, 0.05) is 12.6 Å². The largest absolute Gasteiger partial charge is 0.472 e. The van der Waals surface area contributed by atoms with Crippen LogP contribution in [-0.2, 0) is 22.7 Å². The van der Waals surface area contributed by atoms with Gasteiger partial charge < -0.3 is 18.4 Å². The van der Waals surface area contributed by atoms with E-state index in [1.54, 1.807) is 6.07 Å². The van der Waals surface area contributed by atoms with E-state index >= 15 is 0 Å². The van der Waals surface area contributed by atoms with Gasteiger partial charge in [-0.05, 0) is 36.4 Å². The lowest BCUT2D eigenvalue weighted by Gasteiger charge is -2.25. The Balaban J connectivity index is 1.67. The molecule has 4 rings (SSSR count). The Morgan fingerprint density at radius 1 is 1.21 bits per heavy atom. The first-order valence-corrected chi connectivity index (χ1v) is 9.68. The lowest BCUT2D eigenvalue weighted by atomic mass is 9.94. The Hall–Kier alpha value is -3.08. The number of nitrogens with one attached hydrogen (secondary N) is 1. The maximum atomic E-state index is 12.8. The molecular weight excluding hydrogens is 388 g/mol. The van der Waals surface area contributed by atoms with Gasteiger partial charge >= 0.3 is 5.76 Å². The van der Waals surface area contributed by atoms with E-state index in [9.17, 15) is 18.3 Å². The number of oxazole rings is 1. The summed E-state index contributed by atoms with van der Waals surface area (Å²) >= 11 is 0. The number of aliphatic hydroxyl groups is 1. The molecule has 0 aliphatic heterocycles. The van der Waals surface area contributed by atoms with Crippen molar-refractivity contribution in [2.75, 3.05) is 6.54 Å². The van der Waals surface area contributed by atoms with Gasteiger partial charge in [-0.3, -0.25) is 4.57 Å². The van der Waals surface area contributed by atoms with E-state index in [0.29, 0.717) is 11.1 Å². The molecular formula is C18H16N2O7S. The molecule has 0 spiro atoms. The molecule has 28 heavy (non-hydrogen) atoms. The second kappa shape index (κ2) is 6.51. The number of fused-ring (bicyclic) bond motifs is 1. The molecule has 2 N–H and O–H groups in total. The zero-order chi connectivity index (χ0) is 19.9. The number of sulfonamides is 1. The van der Waals surface area contributed by atoms with Gasteiger partial charge in [-0.1, -0.05) is 0 Å². The highest BCUT2D eigenvalue weighted by atomic mass is 32.2. The molecule has 0 aliphatic carbocycles. The molecule has 0 amide bonds. The van der Waals surface area contributed by atoms with Gasteiger partial charge in [0.05, 0.1) is 35.7 Å². The predicted octanol–water partition coefficient (Wildman–Crippen LogP) is 1.53. The van der Waals surface area contributed by atoms with Gasteiger partial charge in [0.1, 0.15) is 5.76 Å². The minimum atomic E-state index is -4.01. The number of aromatic nitrogens is 1. The fraction of sp³-hybridized carbons (Fsp3) is 0.167. The van der Waals surface area contributed by atoms with Crippen LogP contribution in [0.2, 0.25) is 0 Å². The monoisotopic (exact) mass is 404 g/mol. The van der Waals surface area contributed by atoms with Crippen molar-refractivity contribution in [3.8, 4) is 0 Å². The predicted molar refractivity (Wildman–Crippen MR) is 97.1 cm³/mol. The number of aryl methyl sites for hydroxylation is 1. The smallest absolute Gasteiger partial charge is 0.419 e. The summed E-state index contributed by atoms with van der Waals surface area (Å²) in [4.78, 5) is 11.5. The van der Waals surface area contributed by atoms with Gasteiger partial charge in [-0.15, -0.1) is 0 Å². The van der Waals surface area contributed by atoms with E-state index in [1.807, 2.05) is 0 Å². The summed E-state index contributed by atoms with van der Waals surface area (Å²) in [5, 5.41) is 11.1. The molecule has 146 valence electrons. The van der Waals surface area contributed by atoms with E-state index in [1.165, 1.54) is 60.7 Å². The van der Waals surface area contributed by atoms with Crippen LogP contribution in [0, 0.1) is 0 Å². The maximum Gasteiger partial charge on any atom is 0.419 e. The Labute approximate surface area is 158 Å². The molecule has 0 fully saturated rings. The van der Waals surface area contributed by atoms with Crippen LogP contribution in [0.1, 0.15) is 11.3 Å². The Morgan fingerprint density at radius 3 is 2.71 bits per heavy atom. The molecule has 0 radical (unpaired) electrons. The van der Waals surface area contributed by atoms with E-state index < -0.39 is 27.9 Å². The van der Waals surface area contributed by atoms with E-state index in [-0.39, 0.29) is 16.2 Å². The summed E-state index contributed by atoms with van der Waals surface area (Å²) in [5.41, 5.74) is -0.824. The van der Waals surface area contributed by atoms with Gasteiger partial charge in [0.2, 0.25) is 10.0 Å². The van der Waals surface area contributed by atoms with Crippen molar-refractivity contribution in [1.82, 2.24) is 9.29 Å². The fourth-order valence-corrected chi connectivity index (χ4v) is 3.98. The van der Waals surface area contributed by atoms with Crippen LogP contribution < -0.4 is 10.5 Å². The van der Waals surface area contributed by atoms with Gasteiger partial charge in [0.25, 0.3) is 0 Å². The van der Waals surface area contributed by atoms with Gasteiger partial charge in [0.15, 0.2) is 11.2 Å². The molecule has 3 heterocycles. The molecule has 0 saturated heterocycles. The van der Waals surface area contributed by atoms with E-state index in [4.69, 9.17) is 13.3 Å². The zero-order valence-electron chi connectivity index (χ0n) is 14.7. The molecule has 1 aromatic carbocycles. The van der Waals surface area contributed by atoms with Crippen LogP contribution in [0.4, 0.5) is 0 Å². The number of rotatable bonds is 6. The third-order valence-electron chi connectivity index (χ3n) is 4.52. The average molecular weight is 404 g/mol. The highest BCUT2D eigenvalue weighted by Crippen LogP contribution is 2.30. The van der Waals surface area contributed by atoms with E-state index in [0.717, 1.165) is 0 Å². The SMILES string of the molecule is Cn1c(=O)oc2ccc(S(=O)(=O)NC[C@](O)(c3ccoc3)c3ccco3)cc21. The first kappa shape index (κ1) is 18.3. The molecule has 1 atom stereocenters. The number of hydrogen-bond acceptors (Lipinski definition) is 7. The Bertz CT molecular complexity index is 1230. The minimum absolute atomic E-state index is 0.0783. The summed E-state index contributed by atoms with van der Waals surface area (Å²) in [6, 6.07) is 8.69. The minimum Gasteiger partial charge on any atom is -0.472 e. The van der Waals surface area contributed by atoms with Crippen LogP contribution in [0.3, 0.4) is 0 Å². The second-order valence-corrected chi connectivity index (χ2v) is 8.00. The lowest BCUT2D eigenvalue weighted by molar-refractivity contribution is 0.0613. The maximum absolute atomic E-state index is 12.8. The van der Waals surface area contributed by atoms with E-state index in [2.05, 4.69) is 4.72 Å². The molecule has 0 bridgehead atoms. The molecule has 10 heteroatoms. The quantitative estimate of drug-likeness (QED) is 0.499. The van der Waals surface area contributed by atoms with Crippen molar-refractivity contribution in [2.24, 2.45) is 7.05 Å². The summed E-state index contributed by atoms with van der Waals surface area (Å²) in [7, 11) is -2.54. The summed E-state index contributed by atoms with van der Waals surface area (Å²) in [6.07, 6.45) is 4.05. The first-order chi connectivity index (χ1) is 13.3. The van der Waals surface area contributed by atoms with Crippen molar-refractivity contribution in [3.05, 3.63) is 77.1 Å². The average Bonchev–Trinajstić information content (AvgIpc) is 3.43. The van der Waals surface area contributed by atoms with Crippen molar-refractivity contribution in [3.63, 3.8) is 0 Å². The highest BCUT2D eigenvalue weighted by molar-refractivity contribution is 7.89. The molecule has 4 aromatic rings.